The number of hydrogen-bond donors (Lipinski definition) is 3. The highest BCUT2D eigenvalue weighted by molar-refractivity contribution is 5.82. The van der Waals surface area contributed by atoms with Crippen LogP contribution < -0.4 is 16.2 Å². The molecular formula is C17H18N6O4. The molecule has 1 atom stereocenters. The van der Waals surface area contributed by atoms with Gasteiger partial charge in [0.2, 0.25) is 0 Å². The van der Waals surface area contributed by atoms with Gasteiger partial charge in [0.05, 0.1) is 0 Å². The third kappa shape index (κ3) is 4.11. The van der Waals surface area contributed by atoms with Crippen molar-refractivity contribution in [3.05, 3.63) is 36.4 Å². The molecule has 1 fully saturated rings. The number of carbonyl (C=O) groups excluding carboxylic acids is 1. The van der Waals surface area contributed by atoms with Crippen LogP contribution in [-0.2, 0) is 4.79 Å². The number of rotatable bonds is 4. The number of hydrogen-bond acceptors (Lipinski definition) is 8. The Morgan fingerprint density at radius 3 is 2.63 bits per heavy atom. The number of nitrogens with two attached hydrogens (primary N) is 2. The number of likely N-dealkylation sites (tertiary alicyclic amines) is 1. The van der Waals surface area contributed by atoms with Crippen LogP contribution in [0.15, 0.2) is 46.6 Å². The van der Waals surface area contributed by atoms with Crippen LogP contribution in [-0.4, -0.2) is 39.6 Å². The molecular weight excluding hydrogens is 352 g/mol. The monoisotopic (exact) mass is 370 g/mol. The molecule has 0 saturated carbocycles. The molecule has 0 bridgehead atoms. The van der Waals surface area contributed by atoms with Crippen molar-refractivity contribution in [2.45, 2.75) is 18.9 Å². The zero-order valence-corrected chi connectivity index (χ0v) is 14.3. The Morgan fingerprint density at radius 2 is 1.89 bits per heavy atom. The fourth-order valence-corrected chi connectivity index (χ4v) is 2.70. The lowest BCUT2D eigenvalue weighted by atomic mass is 10.2. The van der Waals surface area contributed by atoms with Gasteiger partial charge in [-0.05, 0) is 37.1 Å². The zero-order valence-electron chi connectivity index (χ0n) is 14.3. The third-order valence-electron chi connectivity index (χ3n) is 4.02. The van der Waals surface area contributed by atoms with Gasteiger partial charge in [0.1, 0.15) is 23.2 Å². The number of benzene rings is 1. The van der Waals surface area contributed by atoms with Crippen molar-refractivity contribution in [2.24, 2.45) is 10.2 Å². The molecule has 1 aliphatic heterocycles. The van der Waals surface area contributed by atoms with Gasteiger partial charge in [-0.3, -0.25) is 4.90 Å². The number of carboxylic acids is 1. The first-order valence-corrected chi connectivity index (χ1v) is 8.19. The summed E-state index contributed by atoms with van der Waals surface area (Å²) in [6.45, 7) is 0.327. The molecule has 10 nitrogen and oxygen atoms in total. The molecule has 5 N–H and O–H groups in total. The zero-order chi connectivity index (χ0) is 19.4. The van der Waals surface area contributed by atoms with E-state index in [2.05, 4.69) is 15.2 Å². The smallest absolute Gasteiger partial charge is 0.416 e. The maximum absolute atomic E-state index is 12.4. The summed E-state index contributed by atoms with van der Waals surface area (Å²) >= 11 is 0. The van der Waals surface area contributed by atoms with E-state index in [0.29, 0.717) is 25.1 Å². The number of pyridine rings is 1. The molecule has 1 aromatic carbocycles. The fourth-order valence-electron chi connectivity index (χ4n) is 2.70. The summed E-state index contributed by atoms with van der Waals surface area (Å²) < 4.78 is 5.35. The number of para-hydroxylation sites is 1. The molecule has 1 amide bonds. The summed E-state index contributed by atoms with van der Waals surface area (Å²) in [4.78, 5) is 28.7. The Morgan fingerprint density at radius 1 is 1.15 bits per heavy atom. The second-order valence-corrected chi connectivity index (χ2v) is 5.87. The predicted molar refractivity (Wildman–Crippen MR) is 97.1 cm³/mol. The predicted octanol–water partition coefficient (Wildman–Crippen LogP) is 2.71. The van der Waals surface area contributed by atoms with Gasteiger partial charge in [-0.1, -0.05) is 12.1 Å². The van der Waals surface area contributed by atoms with Crippen LogP contribution >= 0.6 is 0 Å². The Hall–Kier alpha value is -3.69. The van der Waals surface area contributed by atoms with Crippen LogP contribution in [0.25, 0.3) is 0 Å². The fraction of sp³-hybridized carbons (Fsp3) is 0.235. The molecule has 10 heteroatoms. The second-order valence-electron chi connectivity index (χ2n) is 5.87. The van der Waals surface area contributed by atoms with Crippen molar-refractivity contribution in [2.75, 3.05) is 18.0 Å². The van der Waals surface area contributed by atoms with Gasteiger partial charge in [0.25, 0.3) is 0 Å². The van der Waals surface area contributed by atoms with Gasteiger partial charge >= 0.3 is 12.1 Å². The average Bonchev–Trinajstić information content (AvgIpc) is 3.12. The minimum absolute atomic E-state index is 0.120. The maximum atomic E-state index is 12.4. The van der Waals surface area contributed by atoms with Crippen molar-refractivity contribution in [1.29, 1.82) is 0 Å². The number of aromatic nitrogens is 1. The molecule has 1 saturated heterocycles. The van der Waals surface area contributed by atoms with Gasteiger partial charge in [-0.25, -0.2) is 14.6 Å². The average molecular weight is 370 g/mol. The lowest BCUT2D eigenvalue weighted by molar-refractivity contribution is -0.141. The summed E-state index contributed by atoms with van der Waals surface area (Å²) in [5.41, 5.74) is 11.9. The van der Waals surface area contributed by atoms with E-state index in [1.165, 1.54) is 11.0 Å². The minimum Gasteiger partial charge on any atom is -0.480 e. The third-order valence-corrected chi connectivity index (χ3v) is 4.02. The second kappa shape index (κ2) is 7.68. The molecule has 2 heterocycles. The van der Waals surface area contributed by atoms with Crippen LogP contribution in [0.4, 0.5) is 27.8 Å². The number of amides is 1. The number of nitrogens with zero attached hydrogens (tertiary/aromatic N) is 4. The van der Waals surface area contributed by atoms with Crippen molar-refractivity contribution < 1.29 is 19.4 Å². The van der Waals surface area contributed by atoms with Gasteiger partial charge in [-0.2, -0.15) is 0 Å². The van der Waals surface area contributed by atoms with Crippen molar-refractivity contribution in [3.63, 3.8) is 0 Å². The van der Waals surface area contributed by atoms with E-state index in [9.17, 15) is 14.7 Å². The van der Waals surface area contributed by atoms with Crippen LogP contribution in [0.2, 0.25) is 0 Å². The van der Waals surface area contributed by atoms with Crippen LogP contribution in [0.3, 0.4) is 0 Å². The van der Waals surface area contributed by atoms with Gasteiger partial charge in [0.15, 0.2) is 11.6 Å². The first-order valence-electron chi connectivity index (χ1n) is 8.19. The van der Waals surface area contributed by atoms with Gasteiger partial charge < -0.3 is 21.3 Å². The summed E-state index contributed by atoms with van der Waals surface area (Å²) in [5, 5.41) is 17.3. The lowest BCUT2D eigenvalue weighted by Crippen LogP contribution is -2.41. The highest BCUT2D eigenvalue weighted by atomic mass is 16.6. The number of anilines is 2. The van der Waals surface area contributed by atoms with Gasteiger partial charge in [-0.15, -0.1) is 10.2 Å². The van der Waals surface area contributed by atoms with E-state index in [4.69, 9.17) is 16.2 Å². The number of carbonyl (C=O) groups is 2. The van der Waals surface area contributed by atoms with Crippen LogP contribution in [0.5, 0.6) is 5.75 Å². The van der Waals surface area contributed by atoms with Gasteiger partial charge in [0, 0.05) is 6.54 Å². The number of carboxylic acid groups (broad SMARTS) is 1. The molecule has 27 heavy (non-hydrogen) atoms. The minimum atomic E-state index is -1.05. The van der Waals surface area contributed by atoms with Crippen molar-refractivity contribution >= 4 is 35.1 Å². The molecule has 0 spiro atoms. The van der Waals surface area contributed by atoms with E-state index >= 15 is 0 Å². The van der Waals surface area contributed by atoms with Crippen molar-refractivity contribution in [1.82, 2.24) is 9.88 Å². The van der Waals surface area contributed by atoms with Crippen LogP contribution in [0, 0.1) is 0 Å². The SMILES string of the molecule is Nc1ccc(N=Nc2ccccc2OC(=O)N2CCC[C@@H]2C(=O)O)c(N)n1. The molecule has 0 unspecified atom stereocenters. The molecule has 2 aromatic rings. The number of ether oxygens (including phenoxy) is 1. The van der Waals surface area contributed by atoms with E-state index in [0.717, 1.165) is 0 Å². The summed E-state index contributed by atoms with van der Waals surface area (Å²) in [5.74, 6) is -0.512. The molecule has 1 aliphatic rings. The summed E-state index contributed by atoms with van der Waals surface area (Å²) in [6, 6.07) is 8.74. The molecule has 0 aliphatic carbocycles. The Bertz CT molecular complexity index is 901. The Kier molecular flexibility index (Phi) is 5.15. The van der Waals surface area contributed by atoms with E-state index in [-0.39, 0.29) is 23.1 Å². The number of azo groups is 1. The van der Waals surface area contributed by atoms with E-state index < -0.39 is 18.1 Å². The van der Waals surface area contributed by atoms with Crippen molar-refractivity contribution in [3.8, 4) is 5.75 Å². The highest BCUT2D eigenvalue weighted by Gasteiger charge is 2.35. The first kappa shape index (κ1) is 18.1. The highest BCUT2D eigenvalue weighted by Crippen LogP contribution is 2.31. The largest absolute Gasteiger partial charge is 0.480 e. The lowest BCUT2D eigenvalue weighted by Gasteiger charge is -2.20. The maximum Gasteiger partial charge on any atom is 0.416 e. The standard InChI is InChI=1S/C17H18N6O4/c18-14-8-7-11(15(19)20-14)22-21-10-4-1-2-6-13(10)27-17(26)23-9-3-5-12(23)16(24)25/h1-2,4,6-8,12H,3,5,9H2,(H,24,25)(H4,18,19,20)/t12-/m1/s1. The number of aliphatic carboxylic acids is 1. The first-order chi connectivity index (χ1) is 13.0. The quantitative estimate of drug-likeness (QED) is 0.698. The Balaban J connectivity index is 1.79. The Labute approximate surface area is 154 Å². The topological polar surface area (TPSA) is 156 Å². The molecule has 140 valence electrons. The summed E-state index contributed by atoms with van der Waals surface area (Å²) in [7, 11) is 0. The van der Waals surface area contributed by atoms with E-state index in [1.807, 2.05) is 0 Å². The normalized spacial score (nSPS) is 16.6. The van der Waals surface area contributed by atoms with E-state index in [1.54, 1.807) is 30.3 Å². The molecule has 1 aromatic heterocycles. The molecule has 3 rings (SSSR count). The van der Waals surface area contributed by atoms with Crippen LogP contribution in [0.1, 0.15) is 12.8 Å². The summed E-state index contributed by atoms with van der Waals surface area (Å²) in [6.07, 6.45) is 0.266. The molecule has 0 radical (unpaired) electrons. The number of nitrogen functional groups attached to an aromatic ring is 2.